The Bertz CT molecular complexity index is 307. The Labute approximate surface area is 79.1 Å². The molecular formula is C11H16N2. The van der Waals surface area contributed by atoms with E-state index in [2.05, 4.69) is 30.4 Å². The molecule has 1 aromatic carbocycles. The minimum Gasteiger partial charge on any atom is -0.383 e. The molecule has 1 atom stereocenters. The number of benzene rings is 1. The summed E-state index contributed by atoms with van der Waals surface area (Å²) in [5, 5.41) is 3.41. The van der Waals surface area contributed by atoms with Gasteiger partial charge in [0.05, 0.1) is 0 Å². The van der Waals surface area contributed by atoms with Gasteiger partial charge in [-0.1, -0.05) is 25.1 Å². The van der Waals surface area contributed by atoms with Crippen LogP contribution in [0.25, 0.3) is 0 Å². The molecule has 1 aromatic rings. The lowest BCUT2D eigenvalue weighted by molar-refractivity contribution is 0.677. The highest BCUT2D eigenvalue weighted by Gasteiger charge is 2.15. The second kappa shape index (κ2) is 3.38. The first kappa shape index (κ1) is 8.57. The summed E-state index contributed by atoms with van der Waals surface area (Å²) in [7, 11) is 0. The molecule has 0 spiro atoms. The maximum Gasteiger partial charge on any atom is 0.0406 e. The monoisotopic (exact) mass is 176 g/mol. The largest absolute Gasteiger partial charge is 0.383 e. The van der Waals surface area contributed by atoms with E-state index >= 15 is 0 Å². The third-order valence-corrected chi connectivity index (χ3v) is 2.64. The summed E-state index contributed by atoms with van der Waals surface area (Å²) in [6.45, 7) is 3.09. The first-order valence-corrected chi connectivity index (χ1v) is 4.91. The van der Waals surface area contributed by atoms with Crippen molar-refractivity contribution in [2.45, 2.75) is 25.8 Å². The number of hydrogen-bond acceptors (Lipinski definition) is 2. The summed E-state index contributed by atoms with van der Waals surface area (Å²) in [6, 6.07) is 6.75. The molecule has 3 N–H and O–H groups in total. The highest BCUT2D eigenvalue weighted by Crippen LogP contribution is 2.25. The van der Waals surface area contributed by atoms with Crippen LogP contribution in [0.1, 0.15) is 18.1 Å². The molecule has 0 amide bonds. The molecule has 1 aliphatic heterocycles. The third-order valence-electron chi connectivity index (χ3n) is 2.64. The van der Waals surface area contributed by atoms with Crippen LogP contribution in [0.2, 0.25) is 0 Å². The van der Waals surface area contributed by atoms with Crippen molar-refractivity contribution in [3.8, 4) is 0 Å². The Morgan fingerprint density at radius 2 is 2.38 bits per heavy atom. The Morgan fingerprint density at radius 3 is 3.15 bits per heavy atom. The molecule has 0 saturated heterocycles. The molecule has 1 aliphatic rings. The van der Waals surface area contributed by atoms with E-state index < -0.39 is 0 Å². The van der Waals surface area contributed by atoms with Crippen LogP contribution >= 0.6 is 0 Å². The standard InChI is InChI=1S/C11H16N2/c1-2-8-4-3-5-9-6-10(12)7-13-11(8)9/h3-5,10,13H,2,6-7,12H2,1H3/t10-/m1/s1. The maximum atomic E-state index is 5.88. The van der Waals surface area contributed by atoms with E-state index in [4.69, 9.17) is 5.73 Å². The Balaban J connectivity index is 2.39. The van der Waals surface area contributed by atoms with E-state index in [9.17, 15) is 0 Å². The molecule has 70 valence electrons. The van der Waals surface area contributed by atoms with Gasteiger partial charge in [0.15, 0.2) is 0 Å². The molecule has 2 nitrogen and oxygen atoms in total. The molecule has 2 heteroatoms. The normalized spacial score (nSPS) is 20.6. The number of nitrogens with two attached hydrogens (primary N) is 1. The first-order valence-electron chi connectivity index (χ1n) is 4.91. The van der Waals surface area contributed by atoms with E-state index in [-0.39, 0.29) is 6.04 Å². The van der Waals surface area contributed by atoms with Gasteiger partial charge in [-0.2, -0.15) is 0 Å². The third kappa shape index (κ3) is 1.54. The Kier molecular flexibility index (Phi) is 2.23. The number of rotatable bonds is 1. The van der Waals surface area contributed by atoms with Crippen LogP contribution in [0, 0.1) is 0 Å². The van der Waals surface area contributed by atoms with Gasteiger partial charge >= 0.3 is 0 Å². The first-order chi connectivity index (χ1) is 6.31. The number of hydrogen-bond donors (Lipinski definition) is 2. The van der Waals surface area contributed by atoms with Crippen LogP contribution < -0.4 is 11.1 Å². The summed E-state index contributed by atoms with van der Waals surface area (Å²) < 4.78 is 0. The number of para-hydroxylation sites is 1. The van der Waals surface area contributed by atoms with Crippen molar-refractivity contribution in [1.29, 1.82) is 0 Å². The average molecular weight is 176 g/mol. The van der Waals surface area contributed by atoms with E-state index in [0.29, 0.717) is 0 Å². The predicted molar refractivity (Wildman–Crippen MR) is 56.0 cm³/mol. The maximum absolute atomic E-state index is 5.88. The molecular weight excluding hydrogens is 160 g/mol. The number of anilines is 1. The topological polar surface area (TPSA) is 38.0 Å². The van der Waals surface area contributed by atoms with E-state index in [0.717, 1.165) is 19.4 Å². The van der Waals surface area contributed by atoms with Gasteiger partial charge in [0.1, 0.15) is 0 Å². The second-order valence-electron chi connectivity index (χ2n) is 3.65. The zero-order valence-corrected chi connectivity index (χ0v) is 8.01. The fourth-order valence-corrected chi connectivity index (χ4v) is 1.93. The molecule has 0 aromatic heterocycles. The molecule has 0 unspecified atom stereocenters. The van der Waals surface area contributed by atoms with Gasteiger partial charge in [0.2, 0.25) is 0 Å². The van der Waals surface area contributed by atoms with Crippen molar-refractivity contribution in [2.75, 3.05) is 11.9 Å². The Morgan fingerprint density at radius 1 is 1.54 bits per heavy atom. The lowest BCUT2D eigenvalue weighted by Crippen LogP contribution is -2.35. The van der Waals surface area contributed by atoms with Gasteiger partial charge in [-0.3, -0.25) is 0 Å². The molecule has 0 saturated carbocycles. The van der Waals surface area contributed by atoms with Crippen LogP contribution in [0.3, 0.4) is 0 Å². The van der Waals surface area contributed by atoms with Crippen molar-refractivity contribution < 1.29 is 0 Å². The fraction of sp³-hybridized carbons (Fsp3) is 0.455. The zero-order chi connectivity index (χ0) is 9.26. The van der Waals surface area contributed by atoms with Gasteiger partial charge in [-0.05, 0) is 24.0 Å². The minimum absolute atomic E-state index is 0.277. The number of nitrogens with one attached hydrogen (secondary N) is 1. The highest BCUT2D eigenvalue weighted by molar-refractivity contribution is 5.59. The lowest BCUT2D eigenvalue weighted by Gasteiger charge is -2.25. The van der Waals surface area contributed by atoms with Crippen molar-refractivity contribution in [2.24, 2.45) is 5.73 Å². The van der Waals surface area contributed by atoms with Crippen molar-refractivity contribution >= 4 is 5.69 Å². The number of fused-ring (bicyclic) bond motifs is 1. The van der Waals surface area contributed by atoms with Crippen LogP contribution in [-0.4, -0.2) is 12.6 Å². The van der Waals surface area contributed by atoms with Crippen LogP contribution in [-0.2, 0) is 12.8 Å². The van der Waals surface area contributed by atoms with Gasteiger partial charge in [-0.25, -0.2) is 0 Å². The quantitative estimate of drug-likeness (QED) is 0.681. The van der Waals surface area contributed by atoms with Crippen molar-refractivity contribution in [1.82, 2.24) is 0 Å². The average Bonchev–Trinajstić information content (AvgIpc) is 2.16. The zero-order valence-electron chi connectivity index (χ0n) is 8.01. The van der Waals surface area contributed by atoms with Crippen molar-refractivity contribution in [3.05, 3.63) is 29.3 Å². The van der Waals surface area contributed by atoms with E-state index in [1.54, 1.807) is 0 Å². The summed E-state index contributed by atoms with van der Waals surface area (Å²) in [5.41, 5.74) is 9.98. The van der Waals surface area contributed by atoms with Gasteiger partial charge < -0.3 is 11.1 Å². The fourth-order valence-electron chi connectivity index (χ4n) is 1.93. The molecule has 2 rings (SSSR count). The van der Waals surface area contributed by atoms with E-state index in [1.807, 2.05) is 0 Å². The Hall–Kier alpha value is -1.02. The molecule has 0 bridgehead atoms. The molecule has 1 heterocycles. The van der Waals surface area contributed by atoms with E-state index in [1.165, 1.54) is 16.8 Å². The molecule has 13 heavy (non-hydrogen) atoms. The number of aryl methyl sites for hydroxylation is 1. The molecule has 0 aliphatic carbocycles. The van der Waals surface area contributed by atoms with Gasteiger partial charge in [-0.15, -0.1) is 0 Å². The summed E-state index contributed by atoms with van der Waals surface area (Å²) in [5.74, 6) is 0. The van der Waals surface area contributed by atoms with Gasteiger partial charge in [0, 0.05) is 18.3 Å². The smallest absolute Gasteiger partial charge is 0.0406 e. The molecule has 0 fully saturated rings. The summed E-state index contributed by atoms with van der Waals surface area (Å²) in [4.78, 5) is 0. The van der Waals surface area contributed by atoms with Gasteiger partial charge in [0.25, 0.3) is 0 Å². The SMILES string of the molecule is CCc1cccc2c1NC[C@H](N)C2. The van der Waals surface area contributed by atoms with Crippen molar-refractivity contribution in [3.63, 3.8) is 0 Å². The second-order valence-corrected chi connectivity index (χ2v) is 3.65. The van der Waals surface area contributed by atoms with Crippen LogP contribution in [0.5, 0.6) is 0 Å². The summed E-state index contributed by atoms with van der Waals surface area (Å²) >= 11 is 0. The summed E-state index contributed by atoms with van der Waals surface area (Å²) in [6.07, 6.45) is 2.10. The highest BCUT2D eigenvalue weighted by atomic mass is 14.9. The predicted octanol–water partition coefficient (Wildman–Crippen LogP) is 1.54. The van der Waals surface area contributed by atoms with Crippen LogP contribution in [0.15, 0.2) is 18.2 Å². The lowest BCUT2D eigenvalue weighted by atomic mass is 9.96. The van der Waals surface area contributed by atoms with Crippen LogP contribution in [0.4, 0.5) is 5.69 Å². The molecule has 0 radical (unpaired) electrons. The minimum atomic E-state index is 0.277.